The van der Waals surface area contributed by atoms with Crippen molar-refractivity contribution < 1.29 is 19.1 Å². The number of esters is 1. The summed E-state index contributed by atoms with van der Waals surface area (Å²) < 4.78 is 11.6. The van der Waals surface area contributed by atoms with Gasteiger partial charge in [-0.3, -0.25) is 9.59 Å². The number of Topliss-reactive ketones (excluding diaryl/α,β-unsaturated/α-hetero) is 1. The van der Waals surface area contributed by atoms with E-state index in [1.54, 1.807) is 24.3 Å². The van der Waals surface area contributed by atoms with Gasteiger partial charge in [0.2, 0.25) is 0 Å². The number of benzene rings is 2. The van der Waals surface area contributed by atoms with Crippen molar-refractivity contribution in [2.75, 3.05) is 0 Å². The van der Waals surface area contributed by atoms with Crippen LogP contribution in [0, 0.1) is 20.8 Å². The third-order valence-corrected chi connectivity index (χ3v) is 5.40. The summed E-state index contributed by atoms with van der Waals surface area (Å²) in [5.74, 6) is -2.31. The molecule has 0 amide bonds. The molecule has 0 aliphatic carbocycles. The molecule has 1 saturated heterocycles. The van der Waals surface area contributed by atoms with Gasteiger partial charge in [-0.05, 0) is 55.2 Å². The van der Waals surface area contributed by atoms with Crippen LogP contribution in [0.25, 0.3) is 0 Å². The minimum absolute atomic E-state index is 0.0957. The van der Waals surface area contributed by atoms with Gasteiger partial charge in [0.25, 0.3) is 5.78 Å². The summed E-state index contributed by atoms with van der Waals surface area (Å²) in [6.45, 7) is 5.76. The molecule has 0 saturated carbocycles. The van der Waals surface area contributed by atoms with E-state index in [0.29, 0.717) is 16.3 Å². The summed E-state index contributed by atoms with van der Waals surface area (Å²) in [4.78, 5) is 25.4. The minimum Gasteiger partial charge on any atom is -0.444 e. The Morgan fingerprint density at radius 2 is 1.72 bits per heavy atom. The third-order valence-electron chi connectivity index (χ3n) is 5.15. The highest BCUT2D eigenvalue weighted by Crippen LogP contribution is 2.51. The van der Waals surface area contributed by atoms with Crippen molar-refractivity contribution >= 4 is 23.4 Å². The number of halogens is 1. The van der Waals surface area contributed by atoms with E-state index in [2.05, 4.69) is 0 Å². The maximum absolute atomic E-state index is 13.3. The minimum atomic E-state index is -1.61. The van der Waals surface area contributed by atoms with Gasteiger partial charge in [-0.1, -0.05) is 29.8 Å². The maximum Gasteiger partial charge on any atom is 0.326 e. The molecule has 2 heterocycles. The van der Waals surface area contributed by atoms with Crippen LogP contribution in [-0.4, -0.2) is 17.5 Å². The van der Waals surface area contributed by atoms with Gasteiger partial charge < -0.3 is 9.47 Å². The Labute approximate surface area is 150 Å². The number of rotatable bonds is 1. The number of carbonyl (C=O) groups is 2. The standard InChI is InChI=1S/C20H17ClO4/c1-10-8-11(2)17-18(12(10)3)25-20(19(17)23)15(9-16(22)24-20)13-4-6-14(21)7-5-13/h4-8,15H,9H2,1-3H3/t15-,20-/m1/s1. The van der Waals surface area contributed by atoms with Crippen molar-refractivity contribution in [1.29, 1.82) is 0 Å². The Kier molecular flexibility index (Phi) is 3.45. The van der Waals surface area contributed by atoms with E-state index in [1.807, 2.05) is 26.8 Å². The predicted octanol–water partition coefficient (Wildman–Crippen LogP) is 4.27. The maximum atomic E-state index is 13.3. The first kappa shape index (κ1) is 16.2. The number of hydrogen-bond acceptors (Lipinski definition) is 4. The first-order valence-electron chi connectivity index (χ1n) is 8.15. The fourth-order valence-electron chi connectivity index (χ4n) is 3.74. The van der Waals surface area contributed by atoms with Gasteiger partial charge >= 0.3 is 11.8 Å². The van der Waals surface area contributed by atoms with Crippen LogP contribution in [0.1, 0.15) is 45.0 Å². The summed E-state index contributed by atoms with van der Waals surface area (Å²) in [6.07, 6.45) is 0.0957. The molecule has 0 aromatic heterocycles. The number of ketones is 1. The molecule has 2 atom stereocenters. The van der Waals surface area contributed by atoms with Crippen LogP contribution in [0.2, 0.25) is 5.02 Å². The number of hydrogen-bond donors (Lipinski definition) is 0. The second kappa shape index (κ2) is 5.33. The van der Waals surface area contributed by atoms with Crippen molar-refractivity contribution in [2.45, 2.75) is 38.9 Å². The largest absolute Gasteiger partial charge is 0.444 e. The topological polar surface area (TPSA) is 52.6 Å². The van der Waals surface area contributed by atoms with Gasteiger partial charge in [0, 0.05) is 5.02 Å². The summed E-state index contributed by atoms with van der Waals surface area (Å²) in [7, 11) is 0. The van der Waals surface area contributed by atoms with E-state index in [-0.39, 0.29) is 12.2 Å². The van der Waals surface area contributed by atoms with Crippen LogP contribution in [-0.2, 0) is 9.53 Å². The zero-order valence-electron chi connectivity index (χ0n) is 14.2. The normalized spacial score (nSPS) is 24.4. The van der Waals surface area contributed by atoms with Gasteiger partial charge in [-0.15, -0.1) is 0 Å². The number of ether oxygens (including phenoxy) is 2. The first-order valence-corrected chi connectivity index (χ1v) is 8.53. The summed E-state index contributed by atoms with van der Waals surface area (Å²) in [6, 6.07) is 9.05. The lowest BCUT2D eigenvalue weighted by Crippen LogP contribution is -2.44. The zero-order chi connectivity index (χ0) is 17.9. The molecule has 2 aromatic rings. The molecule has 0 unspecified atom stereocenters. The van der Waals surface area contributed by atoms with Crippen LogP contribution in [0.4, 0.5) is 0 Å². The smallest absolute Gasteiger partial charge is 0.326 e. The highest BCUT2D eigenvalue weighted by Gasteiger charge is 2.62. The highest BCUT2D eigenvalue weighted by atomic mass is 35.5. The van der Waals surface area contributed by atoms with Gasteiger partial charge in [0.1, 0.15) is 5.75 Å². The molecule has 0 bridgehead atoms. The van der Waals surface area contributed by atoms with Crippen molar-refractivity contribution in [2.24, 2.45) is 0 Å². The van der Waals surface area contributed by atoms with E-state index in [0.717, 1.165) is 22.3 Å². The molecular formula is C20H17ClO4. The second-order valence-electron chi connectivity index (χ2n) is 6.72. The Morgan fingerprint density at radius 3 is 2.40 bits per heavy atom. The van der Waals surface area contributed by atoms with E-state index >= 15 is 0 Å². The molecule has 2 aliphatic heterocycles. The first-order chi connectivity index (χ1) is 11.8. The van der Waals surface area contributed by atoms with Crippen LogP contribution >= 0.6 is 11.6 Å². The summed E-state index contributed by atoms with van der Waals surface area (Å²) in [5, 5.41) is 0.590. The van der Waals surface area contributed by atoms with Gasteiger partial charge in [-0.2, -0.15) is 0 Å². The van der Waals surface area contributed by atoms with Crippen LogP contribution in [0.5, 0.6) is 5.75 Å². The quantitative estimate of drug-likeness (QED) is 0.716. The van der Waals surface area contributed by atoms with E-state index < -0.39 is 17.7 Å². The molecule has 4 rings (SSSR count). The fourth-order valence-corrected chi connectivity index (χ4v) is 3.87. The average Bonchev–Trinajstić information content (AvgIpc) is 3.05. The lowest BCUT2D eigenvalue weighted by Gasteiger charge is -2.27. The predicted molar refractivity (Wildman–Crippen MR) is 93.2 cm³/mol. The molecule has 5 heteroatoms. The SMILES string of the molecule is Cc1cc(C)c2c(c1C)O[C@@]1(OC(=O)C[C@@H]1c1ccc(Cl)cc1)C2=O. The second-order valence-corrected chi connectivity index (χ2v) is 7.16. The number of carbonyl (C=O) groups excluding carboxylic acids is 2. The lowest BCUT2D eigenvalue weighted by molar-refractivity contribution is -0.164. The molecule has 0 radical (unpaired) electrons. The van der Waals surface area contributed by atoms with Crippen molar-refractivity contribution in [3.05, 3.63) is 63.2 Å². The van der Waals surface area contributed by atoms with Gasteiger partial charge in [0.15, 0.2) is 0 Å². The molecule has 2 aliphatic rings. The molecular weight excluding hydrogens is 340 g/mol. The van der Waals surface area contributed by atoms with E-state index in [4.69, 9.17) is 21.1 Å². The number of aryl methyl sites for hydroxylation is 2. The summed E-state index contributed by atoms with van der Waals surface area (Å²) >= 11 is 5.96. The molecule has 4 nitrogen and oxygen atoms in total. The molecule has 1 fully saturated rings. The molecule has 2 aromatic carbocycles. The third kappa shape index (κ3) is 2.20. The van der Waals surface area contributed by atoms with Crippen LogP contribution < -0.4 is 4.74 Å². The highest BCUT2D eigenvalue weighted by molar-refractivity contribution is 6.30. The van der Waals surface area contributed by atoms with E-state index in [1.165, 1.54) is 0 Å². The average molecular weight is 357 g/mol. The van der Waals surface area contributed by atoms with Crippen LogP contribution in [0.15, 0.2) is 30.3 Å². The monoisotopic (exact) mass is 356 g/mol. The van der Waals surface area contributed by atoms with Crippen molar-refractivity contribution in [3.63, 3.8) is 0 Å². The molecule has 128 valence electrons. The molecule has 25 heavy (non-hydrogen) atoms. The Hall–Kier alpha value is -2.33. The Bertz CT molecular complexity index is 916. The Balaban J connectivity index is 1.87. The Morgan fingerprint density at radius 1 is 1.04 bits per heavy atom. The number of fused-ring (bicyclic) bond motifs is 1. The molecule has 1 spiro atoms. The molecule has 0 N–H and O–H groups in total. The fraction of sp³-hybridized carbons (Fsp3) is 0.300. The van der Waals surface area contributed by atoms with Crippen molar-refractivity contribution in [1.82, 2.24) is 0 Å². The van der Waals surface area contributed by atoms with Crippen LogP contribution in [0.3, 0.4) is 0 Å². The zero-order valence-corrected chi connectivity index (χ0v) is 14.9. The van der Waals surface area contributed by atoms with Gasteiger partial charge in [0.05, 0.1) is 17.9 Å². The van der Waals surface area contributed by atoms with E-state index in [9.17, 15) is 9.59 Å². The summed E-state index contributed by atoms with van der Waals surface area (Å²) in [5.41, 5.74) is 4.06. The lowest BCUT2D eigenvalue weighted by atomic mass is 9.85. The van der Waals surface area contributed by atoms with Crippen molar-refractivity contribution in [3.8, 4) is 5.75 Å². The van der Waals surface area contributed by atoms with Gasteiger partial charge in [-0.25, -0.2) is 0 Å².